The number of fused-ring (bicyclic) bond motifs is 1. The summed E-state index contributed by atoms with van der Waals surface area (Å²) in [4.78, 5) is 11.0. The normalized spacial score (nSPS) is 10.8. The molecule has 2 heterocycles. The summed E-state index contributed by atoms with van der Waals surface area (Å²) in [7, 11) is 0. The Morgan fingerprint density at radius 1 is 1.35 bits per heavy atom. The van der Waals surface area contributed by atoms with Gasteiger partial charge in [-0.25, -0.2) is 4.79 Å². The minimum absolute atomic E-state index is 0.136. The van der Waals surface area contributed by atoms with E-state index in [1.807, 2.05) is 24.3 Å². The Bertz CT molecular complexity index is 696. The zero-order valence-corrected chi connectivity index (χ0v) is 8.68. The standard InChI is InChI=1S/C12H8N2O3/c15-12(16)8-5-13-14-11(8)9-6-17-10-4-2-1-3-7(9)10/h1-6H,(H,13,14)(H,15,16). The van der Waals surface area contributed by atoms with Crippen molar-refractivity contribution in [2.45, 2.75) is 0 Å². The van der Waals surface area contributed by atoms with Gasteiger partial charge in [-0.15, -0.1) is 0 Å². The zero-order chi connectivity index (χ0) is 11.8. The average molecular weight is 228 g/mol. The Labute approximate surface area is 95.7 Å². The zero-order valence-electron chi connectivity index (χ0n) is 8.68. The molecule has 0 saturated carbocycles. The number of aromatic carboxylic acids is 1. The molecule has 0 aliphatic rings. The highest BCUT2D eigenvalue weighted by Gasteiger charge is 2.17. The number of benzene rings is 1. The van der Waals surface area contributed by atoms with Crippen molar-refractivity contribution in [2.24, 2.45) is 0 Å². The van der Waals surface area contributed by atoms with Crippen molar-refractivity contribution in [1.82, 2.24) is 10.2 Å². The van der Waals surface area contributed by atoms with Crippen LogP contribution in [0.4, 0.5) is 0 Å². The molecule has 0 amide bonds. The molecule has 2 N–H and O–H groups in total. The van der Waals surface area contributed by atoms with E-state index in [4.69, 9.17) is 9.52 Å². The molecule has 0 saturated heterocycles. The van der Waals surface area contributed by atoms with Gasteiger partial charge in [0.1, 0.15) is 17.4 Å². The maximum Gasteiger partial charge on any atom is 0.339 e. The van der Waals surface area contributed by atoms with Gasteiger partial charge in [-0.1, -0.05) is 18.2 Å². The van der Waals surface area contributed by atoms with Crippen LogP contribution in [0.3, 0.4) is 0 Å². The number of nitrogens with zero attached hydrogens (tertiary/aromatic N) is 1. The van der Waals surface area contributed by atoms with Crippen LogP contribution < -0.4 is 0 Å². The van der Waals surface area contributed by atoms with Gasteiger partial charge in [0.05, 0.1) is 11.9 Å². The molecule has 1 aromatic carbocycles. The van der Waals surface area contributed by atoms with Gasteiger partial charge in [0.2, 0.25) is 0 Å². The van der Waals surface area contributed by atoms with Gasteiger partial charge in [-0.05, 0) is 6.07 Å². The number of carboxylic acid groups (broad SMARTS) is 1. The molecule has 5 heteroatoms. The highest BCUT2D eigenvalue weighted by atomic mass is 16.4. The molecule has 0 radical (unpaired) electrons. The number of carboxylic acids is 1. The van der Waals surface area contributed by atoms with E-state index < -0.39 is 5.97 Å². The highest BCUT2D eigenvalue weighted by molar-refractivity contribution is 6.00. The van der Waals surface area contributed by atoms with Crippen molar-refractivity contribution in [2.75, 3.05) is 0 Å². The lowest BCUT2D eigenvalue weighted by atomic mass is 10.1. The second-order valence-electron chi connectivity index (χ2n) is 3.61. The van der Waals surface area contributed by atoms with Crippen LogP contribution in [-0.4, -0.2) is 21.3 Å². The maximum atomic E-state index is 11.0. The van der Waals surface area contributed by atoms with Gasteiger partial charge in [-0.2, -0.15) is 5.10 Å². The van der Waals surface area contributed by atoms with Gasteiger partial charge < -0.3 is 9.52 Å². The molecule has 0 fully saturated rings. The maximum absolute atomic E-state index is 11.0. The van der Waals surface area contributed by atoms with Crippen molar-refractivity contribution in [1.29, 1.82) is 0 Å². The molecule has 84 valence electrons. The van der Waals surface area contributed by atoms with E-state index >= 15 is 0 Å². The number of para-hydroxylation sites is 1. The summed E-state index contributed by atoms with van der Waals surface area (Å²) in [5.41, 5.74) is 2.02. The smallest absolute Gasteiger partial charge is 0.339 e. The van der Waals surface area contributed by atoms with E-state index in [0.717, 1.165) is 5.39 Å². The fourth-order valence-electron chi connectivity index (χ4n) is 1.83. The first-order chi connectivity index (χ1) is 8.27. The van der Waals surface area contributed by atoms with Crippen LogP contribution >= 0.6 is 0 Å². The minimum Gasteiger partial charge on any atom is -0.478 e. The van der Waals surface area contributed by atoms with Crippen LogP contribution in [0.1, 0.15) is 10.4 Å². The molecular weight excluding hydrogens is 220 g/mol. The van der Waals surface area contributed by atoms with Gasteiger partial charge in [0, 0.05) is 10.9 Å². The van der Waals surface area contributed by atoms with Crippen molar-refractivity contribution in [3.05, 3.63) is 42.3 Å². The molecule has 0 unspecified atom stereocenters. The predicted octanol–water partition coefficient (Wildman–Crippen LogP) is 2.52. The Morgan fingerprint density at radius 2 is 2.18 bits per heavy atom. The monoisotopic (exact) mass is 228 g/mol. The molecule has 0 bridgehead atoms. The van der Waals surface area contributed by atoms with E-state index in [1.165, 1.54) is 12.5 Å². The van der Waals surface area contributed by atoms with Crippen LogP contribution in [0.15, 0.2) is 41.1 Å². The van der Waals surface area contributed by atoms with Gasteiger partial charge >= 0.3 is 5.97 Å². The first-order valence-corrected chi connectivity index (χ1v) is 5.00. The van der Waals surface area contributed by atoms with Gasteiger partial charge in [-0.3, -0.25) is 5.10 Å². The van der Waals surface area contributed by atoms with Crippen LogP contribution in [0.25, 0.3) is 22.2 Å². The molecule has 3 rings (SSSR count). The minimum atomic E-state index is -1.01. The first kappa shape index (κ1) is 9.65. The highest BCUT2D eigenvalue weighted by Crippen LogP contribution is 2.30. The number of hydrogen-bond acceptors (Lipinski definition) is 3. The van der Waals surface area contributed by atoms with E-state index in [2.05, 4.69) is 10.2 Å². The Balaban J connectivity index is 2.28. The second kappa shape index (κ2) is 3.48. The number of furan rings is 1. The van der Waals surface area contributed by atoms with Crippen molar-refractivity contribution in [3.8, 4) is 11.3 Å². The van der Waals surface area contributed by atoms with Gasteiger partial charge in [0.25, 0.3) is 0 Å². The molecule has 3 aromatic rings. The third-order valence-corrected chi connectivity index (χ3v) is 2.62. The van der Waals surface area contributed by atoms with Crippen LogP contribution in [0.2, 0.25) is 0 Å². The Kier molecular flexibility index (Phi) is 1.98. The second-order valence-corrected chi connectivity index (χ2v) is 3.61. The number of aromatic amines is 1. The van der Waals surface area contributed by atoms with E-state index in [-0.39, 0.29) is 5.56 Å². The number of hydrogen-bond donors (Lipinski definition) is 2. The Hall–Kier alpha value is -2.56. The number of H-pyrrole nitrogens is 1. The lowest BCUT2D eigenvalue weighted by molar-refractivity contribution is 0.0698. The van der Waals surface area contributed by atoms with E-state index in [1.54, 1.807) is 0 Å². The largest absolute Gasteiger partial charge is 0.478 e. The topological polar surface area (TPSA) is 79.1 Å². The lowest BCUT2D eigenvalue weighted by Crippen LogP contribution is -1.96. The number of rotatable bonds is 2. The summed E-state index contributed by atoms with van der Waals surface area (Å²) >= 11 is 0. The molecule has 0 aliphatic carbocycles. The summed E-state index contributed by atoms with van der Waals surface area (Å²) in [6, 6.07) is 7.44. The molecule has 0 aliphatic heterocycles. The van der Waals surface area contributed by atoms with Crippen molar-refractivity contribution in [3.63, 3.8) is 0 Å². The average Bonchev–Trinajstić information content (AvgIpc) is 2.94. The third kappa shape index (κ3) is 1.40. The molecule has 5 nitrogen and oxygen atoms in total. The number of aromatic nitrogens is 2. The summed E-state index contributed by atoms with van der Waals surface area (Å²) in [6.45, 7) is 0. The molecule has 2 aromatic heterocycles. The number of nitrogens with one attached hydrogen (secondary N) is 1. The Morgan fingerprint density at radius 3 is 3.00 bits per heavy atom. The lowest BCUT2D eigenvalue weighted by Gasteiger charge is -1.96. The van der Waals surface area contributed by atoms with Crippen LogP contribution in [0.5, 0.6) is 0 Å². The molecule has 0 spiro atoms. The fourth-order valence-corrected chi connectivity index (χ4v) is 1.83. The predicted molar refractivity (Wildman–Crippen MR) is 60.8 cm³/mol. The summed E-state index contributed by atoms with van der Waals surface area (Å²) < 4.78 is 5.37. The van der Waals surface area contributed by atoms with Gasteiger partial charge in [0.15, 0.2) is 0 Å². The molecule has 17 heavy (non-hydrogen) atoms. The van der Waals surface area contributed by atoms with E-state index in [0.29, 0.717) is 16.8 Å². The summed E-state index contributed by atoms with van der Waals surface area (Å²) in [5, 5.41) is 16.3. The molecular formula is C12H8N2O3. The van der Waals surface area contributed by atoms with E-state index in [9.17, 15) is 4.79 Å². The summed E-state index contributed by atoms with van der Waals surface area (Å²) in [5.74, 6) is -1.01. The van der Waals surface area contributed by atoms with Crippen LogP contribution in [0, 0.1) is 0 Å². The fraction of sp³-hybridized carbons (Fsp3) is 0. The van der Waals surface area contributed by atoms with Crippen LogP contribution in [-0.2, 0) is 0 Å². The summed E-state index contributed by atoms with van der Waals surface area (Å²) in [6.07, 6.45) is 2.82. The third-order valence-electron chi connectivity index (χ3n) is 2.62. The molecule has 0 atom stereocenters. The van der Waals surface area contributed by atoms with Crippen molar-refractivity contribution >= 4 is 16.9 Å². The number of carbonyl (C=O) groups is 1. The van der Waals surface area contributed by atoms with Crippen molar-refractivity contribution < 1.29 is 14.3 Å². The quantitative estimate of drug-likeness (QED) is 0.706. The first-order valence-electron chi connectivity index (χ1n) is 5.00. The SMILES string of the molecule is O=C(O)c1cn[nH]c1-c1coc2ccccc12.